The molecule has 0 radical (unpaired) electrons. The smallest absolute Gasteiger partial charge is 0.120 e. The van der Waals surface area contributed by atoms with E-state index in [0.717, 1.165) is 18.6 Å². The highest BCUT2D eigenvalue weighted by molar-refractivity contribution is 5.50. The molecule has 2 aliphatic carbocycles. The fourth-order valence-corrected chi connectivity index (χ4v) is 4.09. The summed E-state index contributed by atoms with van der Waals surface area (Å²) >= 11 is 0. The van der Waals surface area contributed by atoms with E-state index in [-0.39, 0.29) is 0 Å². The lowest BCUT2D eigenvalue weighted by Crippen LogP contribution is -2.35. The van der Waals surface area contributed by atoms with Crippen LogP contribution in [0.3, 0.4) is 0 Å². The van der Waals surface area contributed by atoms with E-state index in [1.165, 1.54) is 19.3 Å². The predicted octanol–water partition coefficient (Wildman–Crippen LogP) is 3.04. The van der Waals surface area contributed by atoms with Crippen molar-refractivity contribution in [1.29, 1.82) is 0 Å². The standard InChI is InChI=1S/C12H20O/c1-11(2)9-4-6-12(3,8-9)10(11)5-7-13/h7,9-10H,4-6,8H2,1-3H3. The van der Waals surface area contributed by atoms with Gasteiger partial charge in [-0.2, -0.15) is 0 Å². The van der Waals surface area contributed by atoms with Crippen LogP contribution in [-0.4, -0.2) is 6.29 Å². The largest absolute Gasteiger partial charge is 0.303 e. The molecular weight excluding hydrogens is 160 g/mol. The minimum Gasteiger partial charge on any atom is -0.303 e. The summed E-state index contributed by atoms with van der Waals surface area (Å²) in [5, 5.41) is 0. The van der Waals surface area contributed by atoms with Crippen molar-refractivity contribution in [2.45, 2.75) is 46.5 Å². The third-order valence-corrected chi connectivity index (χ3v) is 4.90. The molecule has 3 unspecified atom stereocenters. The van der Waals surface area contributed by atoms with Crippen LogP contribution in [0, 0.1) is 22.7 Å². The maximum absolute atomic E-state index is 10.7. The van der Waals surface area contributed by atoms with Crippen molar-refractivity contribution in [1.82, 2.24) is 0 Å². The number of carbonyl (C=O) groups excluding carboxylic acids is 1. The summed E-state index contributed by atoms with van der Waals surface area (Å²) in [5.74, 6) is 1.51. The van der Waals surface area contributed by atoms with Crippen LogP contribution in [-0.2, 0) is 4.79 Å². The molecular formula is C12H20O. The molecule has 0 spiro atoms. The maximum Gasteiger partial charge on any atom is 0.120 e. The SMILES string of the molecule is CC12CCC(C1)C(C)(C)C2CC=O. The lowest BCUT2D eigenvalue weighted by Gasteiger charge is -2.42. The van der Waals surface area contributed by atoms with E-state index in [2.05, 4.69) is 20.8 Å². The number of hydrogen-bond acceptors (Lipinski definition) is 1. The van der Waals surface area contributed by atoms with Gasteiger partial charge in [0.1, 0.15) is 6.29 Å². The average molecular weight is 180 g/mol. The Bertz CT molecular complexity index is 227. The Kier molecular flexibility index (Phi) is 1.84. The van der Waals surface area contributed by atoms with Crippen molar-refractivity contribution in [3.8, 4) is 0 Å². The van der Waals surface area contributed by atoms with E-state index in [9.17, 15) is 4.79 Å². The number of carbonyl (C=O) groups is 1. The molecule has 0 aromatic carbocycles. The molecule has 1 nitrogen and oxygen atoms in total. The summed E-state index contributed by atoms with van der Waals surface area (Å²) in [7, 11) is 0. The van der Waals surface area contributed by atoms with Crippen molar-refractivity contribution in [3.05, 3.63) is 0 Å². The third kappa shape index (κ3) is 1.09. The summed E-state index contributed by atoms with van der Waals surface area (Å²) in [5.41, 5.74) is 0.892. The minimum atomic E-state index is 0.411. The van der Waals surface area contributed by atoms with Crippen LogP contribution in [0.25, 0.3) is 0 Å². The van der Waals surface area contributed by atoms with Gasteiger partial charge < -0.3 is 4.79 Å². The maximum atomic E-state index is 10.7. The van der Waals surface area contributed by atoms with Crippen LogP contribution in [0.15, 0.2) is 0 Å². The fourth-order valence-electron chi connectivity index (χ4n) is 4.09. The molecule has 0 N–H and O–H groups in total. The second-order valence-electron chi connectivity index (χ2n) is 5.87. The molecule has 13 heavy (non-hydrogen) atoms. The molecule has 0 saturated heterocycles. The lowest BCUT2D eigenvalue weighted by atomic mass is 9.63. The van der Waals surface area contributed by atoms with Gasteiger partial charge in [0.25, 0.3) is 0 Å². The number of hydrogen-bond donors (Lipinski definition) is 0. The lowest BCUT2D eigenvalue weighted by molar-refractivity contribution is -0.110. The topological polar surface area (TPSA) is 17.1 Å². The van der Waals surface area contributed by atoms with E-state index in [1.807, 2.05) is 0 Å². The van der Waals surface area contributed by atoms with E-state index in [4.69, 9.17) is 0 Å². The van der Waals surface area contributed by atoms with E-state index in [1.54, 1.807) is 0 Å². The third-order valence-electron chi connectivity index (χ3n) is 4.90. The average Bonchev–Trinajstić information content (AvgIpc) is 2.50. The van der Waals surface area contributed by atoms with Crippen molar-refractivity contribution >= 4 is 6.29 Å². The van der Waals surface area contributed by atoms with Gasteiger partial charge in [-0.05, 0) is 41.9 Å². The van der Waals surface area contributed by atoms with E-state index in [0.29, 0.717) is 16.7 Å². The Morgan fingerprint density at radius 3 is 2.54 bits per heavy atom. The molecule has 0 aliphatic heterocycles. The monoisotopic (exact) mass is 180 g/mol. The van der Waals surface area contributed by atoms with E-state index >= 15 is 0 Å². The molecule has 1 heteroatoms. The second-order valence-corrected chi connectivity index (χ2v) is 5.87. The summed E-state index contributed by atoms with van der Waals surface area (Å²) in [6.07, 6.45) is 6.00. The zero-order chi connectivity index (χ0) is 9.69. The molecule has 2 aliphatic rings. The first-order valence-electron chi connectivity index (χ1n) is 5.44. The summed E-state index contributed by atoms with van der Waals surface area (Å²) in [4.78, 5) is 10.7. The van der Waals surface area contributed by atoms with Gasteiger partial charge >= 0.3 is 0 Å². The Balaban J connectivity index is 2.28. The van der Waals surface area contributed by atoms with Gasteiger partial charge in [0, 0.05) is 6.42 Å². The quantitative estimate of drug-likeness (QED) is 0.597. The summed E-state index contributed by atoms with van der Waals surface area (Å²) < 4.78 is 0. The van der Waals surface area contributed by atoms with Crippen molar-refractivity contribution in [2.24, 2.45) is 22.7 Å². The van der Waals surface area contributed by atoms with Crippen LogP contribution in [0.2, 0.25) is 0 Å². The molecule has 2 fully saturated rings. The van der Waals surface area contributed by atoms with E-state index < -0.39 is 0 Å². The van der Waals surface area contributed by atoms with Crippen LogP contribution >= 0.6 is 0 Å². The first-order valence-corrected chi connectivity index (χ1v) is 5.44. The molecule has 2 saturated carbocycles. The number of rotatable bonds is 2. The Labute approximate surface area is 80.9 Å². The van der Waals surface area contributed by atoms with Gasteiger partial charge in [-0.3, -0.25) is 0 Å². The highest BCUT2D eigenvalue weighted by Crippen LogP contribution is 2.66. The zero-order valence-electron chi connectivity index (χ0n) is 8.97. The first-order chi connectivity index (χ1) is 6.00. The minimum absolute atomic E-state index is 0.411. The summed E-state index contributed by atoms with van der Waals surface area (Å²) in [6.45, 7) is 7.10. The van der Waals surface area contributed by atoms with Gasteiger partial charge in [0.15, 0.2) is 0 Å². The van der Waals surface area contributed by atoms with Crippen LogP contribution in [0.1, 0.15) is 46.5 Å². The first kappa shape index (κ1) is 9.23. The van der Waals surface area contributed by atoms with Crippen LogP contribution < -0.4 is 0 Å². The van der Waals surface area contributed by atoms with Gasteiger partial charge in [0.05, 0.1) is 0 Å². The predicted molar refractivity (Wildman–Crippen MR) is 53.4 cm³/mol. The number of aldehydes is 1. The fraction of sp³-hybridized carbons (Fsp3) is 0.917. The Hall–Kier alpha value is -0.330. The highest BCUT2D eigenvalue weighted by atomic mass is 16.1. The molecule has 0 heterocycles. The molecule has 3 atom stereocenters. The van der Waals surface area contributed by atoms with Gasteiger partial charge in [-0.15, -0.1) is 0 Å². The molecule has 0 aromatic rings. The van der Waals surface area contributed by atoms with Crippen LogP contribution in [0.4, 0.5) is 0 Å². The van der Waals surface area contributed by atoms with Crippen molar-refractivity contribution < 1.29 is 4.79 Å². The van der Waals surface area contributed by atoms with Crippen LogP contribution in [0.5, 0.6) is 0 Å². The Morgan fingerprint density at radius 1 is 1.38 bits per heavy atom. The normalized spacial score (nSPS) is 46.7. The zero-order valence-corrected chi connectivity index (χ0v) is 8.97. The molecule has 2 bridgehead atoms. The molecule has 0 aromatic heterocycles. The molecule has 74 valence electrons. The van der Waals surface area contributed by atoms with Crippen molar-refractivity contribution in [3.63, 3.8) is 0 Å². The number of fused-ring (bicyclic) bond motifs is 2. The van der Waals surface area contributed by atoms with Gasteiger partial charge in [-0.1, -0.05) is 20.8 Å². The summed E-state index contributed by atoms with van der Waals surface area (Å²) in [6, 6.07) is 0. The van der Waals surface area contributed by atoms with Crippen molar-refractivity contribution in [2.75, 3.05) is 0 Å². The van der Waals surface area contributed by atoms with Gasteiger partial charge in [-0.25, -0.2) is 0 Å². The molecule has 2 rings (SSSR count). The molecule has 0 amide bonds. The van der Waals surface area contributed by atoms with Gasteiger partial charge in [0.2, 0.25) is 0 Å². The highest BCUT2D eigenvalue weighted by Gasteiger charge is 2.58. The Morgan fingerprint density at radius 2 is 2.08 bits per heavy atom. The second kappa shape index (κ2) is 2.59.